The molecule has 1 aromatic heterocycles. The van der Waals surface area contributed by atoms with E-state index in [4.69, 9.17) is 10.5 Å². The summed E-state index contributed by atoms with van der Waals surface area (Å²) in [7, 11) is 0. The summed E-state index contributed by atoms with van der Waals surface area (Å²) in [5.41, 5.74) is 9.55. The molecule has 1 atom stereocenters. The van der Waals surface area contributed by atoms with Gasteiger partial charge in [-0.2, -0.15) is 0 Å². The smallest absolute Gasteiger partial charge is 0.255 e. The number of nitrogens with zero attached hydrogens (tertiary/aromatic N) is 1. The Labute approximate surface area is 146 Å². The van der Waals surface area contributed by atoms with Gasteiger partial charge in [0.15, 0.2) is 6.29 Å². The second-order valence-corrected chi connectivity index (χ2v) is 6.06. The first-order valence-corrected chi connectivity index (χ1v) is 8.38. The van der Waals surface area contributed by atoms with Crippen molar-refractivity contribution in [3.8, 4) is 5.88 Å². The molecule has 0 unspecified atom stereocenters. The summed E-state index contributed by atoms with van der Waals surface area (Å²) in [6.45, 7) is 2.32. The number of amides is 1. The van der Waals surface area contributed by atoms with E-state index in [1.54, 1.807) is 18.2 Å². The maximum Gasteiger partial charge on any atom is 0.255 e. The predicted octanol–water partition coefficient (Wildman–Crippen LogP) is 2.36. The fraction of sp³-hybridized carbons (Fsp3) is 0.316. The van der Waals surface area contributed by atoms with Crippen molar-refractivity contribution in [2.45, 2.75) is 32.2 Å². The Balaban J connectivity index is 1.86. The highest BCUT2D eigenvalue weighted by atomic mass is 16.5. The summed E-state index contributed by atoms with van der Waals surface area (Å²) >= 11 is 0. The SMILES string of the molecule is CCOc1cc(C(=O)Nc2ccc3c(c2C=O)CC[C@H](N)C3)ccn1. The van der Waals surface area contributed by atoms with Crippen LogP contribution in [-0.4, -0.2) is 29.8 Å². The van der Waals surface area contributed by atoms with Gasteiger partial charge in [0, 0.05) is 29.4 Å². The molecular formula is C19H21N3O3. The maximum absolute atomic E-state index is 12.5. The normalized spacial score (nSPS) is 16.0. The zero-order valence-corrected chi connectivity index (χ0v) is 14.1. The first-order chi connectivity index (χ1) is 12.1. The van der Waals surface area contributed by atoms with Crippen LogP contribution in [0.5, 0.6) is 5.88 Å². The number of hydrogen-bond acceptors (Lipinski definition) is 5. The van der Waals surface area contributed by atoms with Crippen molar-refractivity contribution in [2.75, 3.05) is 11.9 Å². The lowest BCUT2D eigenvalue weighted by Gasteiger charge is -2.24. The summed E-state index contributed by atoms with van der Waals surface area (Å²) in [5.74, 6) is 0.0871. The van der Waals surface area contributed by atoms with Crippen molar-refractivity contribution >= 4 is 17.9 Å². The summed E-state index contributed by atoms with van der Waals surface area (Å²) in [4.78, 5) is 28.2. The van der Waals surface area contributed by atoms with Crippen molar-refractivity contribution in [2.24, 2.45) is 5.73 Å². The Morgan fingerprint density at radius 2 is 2.28 bits per heavy atom. The third kappa shape index (κ3) is 3.69. The van der Waals surface area contributed by atoms with E-state index in [0.717, 1.165) is 36.7 Å². The Kier molecular flexibility index (Phi) is 5.09. The van der Waals surface area contributed by atoms with Crippen LogP contribution in [0.2, 0.25) is 0 Å². The third-order valence-corrected chi connectivity index (χ3v) is 4.36. The van der Waals surface area contributed by atoms with E-state index in [1.807, 2.05) is 13.0 Å². The van der Waals surface area contributed by atoms with Gasteiger partial charge in [-0.15, -0.1) is 0 Å². The molecule has 0 spiro atoms. The molecule has 1 aliphatic carbocycles. The van der Waals surface area contributed by atoms with E-state index in [-0.39, 0.29) is 11.9 Å². The highest BCUT2D eigenvalue weighted by Crippen LogP contribution is 2.29. The van der Waals surface area contributed by atoms with E-state index < -0.39 is 0 Å². The number of pyridine rings is 1. The number of anilines is 1. The number of rotatable bonds is 5. The second kappa shape index (κ2) is 7.44. The monoisotopic (exact) mass is 339 g/mol. The number of fused-ring (bicyclic) bond motifs is 1. The first-order valence-electron chi connectivity index (χ1n) is 8.38. The molecule has 6 nitrogen and oxygen atoms in total. The Bertz CT molecular complexity index is 804. The summed E-state index contributed by atoms with van der Waals surface area (Å²) < 4.78 is 5.32. The zero-order valence-electron chi connectivity index (χ0n) is 14.1. The van der Waals surface area contributed by atoms with Crippen LogP contribution in [0.4, 0.5) is 5.69 Å². The van der Waals surface area contributed by atoms with Crippen LogP contribution >= 0.6 is 0 Å². The van der Waals surface area contributed by atoms with Crippen molar-refractivity contribution in [1.29, 1.82) is 0 Å². The van der Waals surface area contributed by atoms with Crippen LogP contribution in [0, 0.1) is 0 Å². The van der Waals surface area contributed by atoms with E-state index in [9.17, 15) is 9.59 Å². The average Bonchev–Trinajstić information content (AvgIpc) is 2.62. The molecule has 1 aliphatic rings. The van der Waals surface area contributed by atoms with Crippen molar-refractivity contribution in [1.82, 2.24) is 4.98 Å². The molecule has 2 aromatic rings. The van der Waals surface area contributed by atoms with Gasteiger partial charge >= 0.3 is 0 Å². The average molecular weight is 339 g/mol. The lowest BCUT2D eigenvalue weighted by molar-refractivity contribution is 0.102. The molecule has 3 N–H and O–H groups in total. The number of hydrogen-bond donors (Lipinski definition) is 2. The van der Waals surface area contributed by atoms with Crippen LogP contribution in [-0.2, 0) is 12.8 Å². The van der Waals surface area contributed by atoms with Gasteiger partial charge in [-0.1, -0.05) is 6.07 Å². The second-order valence-electron chi connectivity index (χ2n) is 6.06. The van der Waals surface area contributed by atoms with Crippen molar-refractivity contribution in [3.63, 3.8) is 0 Å². The number of carbonyl (C=O) groups excluding carboxylic acids is 2. The highest BCUT2D eigenvalue weighted by Gasteiger charge is 2.21. The maximum atomic E-state index is 12.5. The molecule has 0 aliphatic heterocycles. The van der Waals surface area contributed by atoms with E-state index in [1.165, 1.54) is 6.20 Å². The number of aromatic nitrogens is 1. The van der Waals surface area contributed by atoms with Crippen LogP contribution < -0.4 is 15.8 Å². The highest BCUT2D eigenvalue weighted by molar-refractivity contribution is 6.06. The third-order valence-electron chi connectivity index (χ3n) is 4.36. The Morgan fingerprint density at radius 3 is 3.04 bits per heavy atom. The molecule has 0 saturated heterocycles. The van der Waals surface area contributed by atoms with E-state index >= 15 is 0 Å². The largest absolute Gasteiger partial charge is 0.478 e. The van der Waals surface area contributed by atoms with Gasteiger partial charge in [0.25, 0.3) is 5.91 Å². The van der Waals surface area contributed by atoms with Crippen molar-refractivity contribution < 1.29 is 14.3 Å². The van der Waals surface area contributed by atoms with Gasteiger partial charge in [0.1, 0.15) is 0 Å². The number of nitrogens with one attached hydrogen (secondary N) is 1. The molecule has 0 saturated carbocycles. The van der Waals surface area contributed by atoms with Gasteiger partial charge in [0.2, 0.25) is 5.88 Å². The molecule has 1 aromatic carbocycles. The number of carbonyl (C=O) groups is 2. The van der Waals surface area contributed by atoms with E-state index in [0.29, 0.717) is 29.3 Å². The van der Waals surface area contributed by atoms with Gasteiger partial charge in [0.05, 0.1) is 12.3 Å². The van der Waals surface area contributed by atoms with Gasteiger partial charge in [-0.05, 0) is 49.4 Å². The van der Waals surface area contributed by atoms with Crippen molar-refractivity contribution in [3.05, 3.63) is 52.7 Å². The molecule has 6 heteroatoms. The topological polar surface area (TPSA) is 94.3 Å². The summed E-state index contributed by atoms with van der Waals surface area (Å²) in [6, 6.07) is 7.02. The van der Waals surface area contributed by atoms with Gasteiger partial charge in [-0.3, -0.25) is 9.59 Å². The molecule has 3 rings (SSSR count). The summed E-state index contributed by atoms with van der Waals surface area (Å²) in [5, 5.41) is 2.82. The number of benzene rings is 1. The van der Waals surface area contributed by atoms with E-state index in [2.05, 4.69) is 10.3 Å². The Hall–Kier alpha value is -2.73. The van der Waals surface area contributed by atoms with Crippen LogP contribution in [0.3, 0.4) is 0 Å². The molecule has 0 fully saturated rings. The van der Waals surface area contributed by atoms with Gasteiger partial charge in [-0.25, -0.2) is 4.98 Å². The molecule has 1 heterocycles. The lowest BCUT2D eigenvalue weighted by Crippen LogP contribution is -2.28. The molecule has 0 bridgehead atoms. The number of ether oxygens (including phenoxy) is 1. The fourth-order valence-electron chi connectivity index (χ4n) is 3.13. The molecule has 0 radical (unpaired) electrons. The van der Waals surface area contributed by atoms with Gasteiger partial charge < -0.3 is 15.8 Å². The Morgan fingerprint density at radius 1 is 1.44 bits per heavy atom. The molecule has 130 valence electrons. The van der Waals surface area contributed by atoms with Crippen LogP contribution in [0.15, 0.2) is 30.5 Å². The summed E-state index contributed by atoms with van der Waals surface area (Å²) in [6.07, 6.45) is 4.68. The predicted molar refractivity (Wildman–Crippen MR) is 95.2 cm³/mol. The zero-order chi connectivity index (χ0) is 17.8. The lowest BCUT2D eigenvalue weighted by atomic mass is 9.85. The standard InChI is InChI=1S/C19H21N3O3/c1-2-25-18-10-13(7-8-21-18)19(24)22-17-6-3-12-9-14(20)4-5-15(12)16(17)11-23/h3,6-8,10-11,14H,2,4-5,9,20H2,1H3,(H,22,24)/t14-/m0/s1. The minimum atomic E-state index is -0.307. The number of nitrogens with two attached hydrogens (primary N) is 1. The van der Waals surface area contributed by atoms with Crippen LogP contribution in [0.1, 0.15) is 45.2 Å². The quantitative estimate of drug-likeness (QED) is 0.816. The minimum absolute atomic E-state index is 0.126. The molecule has 25 heavy (non-hydrogen) atoms. The minimum Gasteiger partial charge on any atom is -0.478 e. The number of aldehydes is 1. The van der Waals surface area contributed by atoms with Crippen LogP contribution in [0.25, 0.3) is 0 Å². The molecular weight excluding hydrogens is 318 g/mol. The molecule has 1 amide bonds. The first kappa shape index (κ1) is 17.1. The fourth-order valence-corrected chi connectivity index (χ4v) is 3.13.